The van der Waals surface area contributed by atoms with Crippen LogP contribution < -0.4 is 0 Å². The van der Waals surface area contributed by atoms with Gasteiger partial charge in [0.15, 0.2) is 11.1 Å². The van der Waals surface area contributed by atoms with Crippen molar-refractivity contribution in [2.45, 2.75) is 4.90 Å². The van der Waals surface area contributed by atoms with Crippen molar-refractivity contribution < 1.29 is 8.76 Å². The molecule has 1 heterocycles. The van der Waals surface area contributed by atoms with Gasteiger partial charge in [0.05, 0.1) is 10.6 Å². The summed E-state index contributed by atoms with van der Waals surface area (Å²) in [6, 6.07) is 6.46. The number of tetrazole rings is 1. The highest BCUT2D eigenvalue weighted by molar-refractivity contribution is 7.79. The second-order valence-electron chi connectivity index (χ2n) is 2.66. The van der Waals surface area contributed by atoms with Crippen LogP contribution in [-0.2, 0) is 11.1 Å². The minimum atomic E-state index is -2.01. The second kappa shape index (κ2) is 4.01. The molecule has 1 atom stereocenters. The maximum absolute atomic E-state index is 10.8. The van der Waals surface area contributed by atoms with E-state index in [0.29, 0.717) is 10.6 Å². The largest absolute Gasteiger partial charge is 0.302 e. The van der Waals surface area contributed by atoms with Crippen LogP contribution in [0.25, 0.3) is 5.69 Å². The van der Waals surface area contributed by atoms with Crippen molar-refractivity contribution in [1.29, 1.82) is 0 Å². The highest BCUT2D eigenvalue weighted by Crippen LogP contribution is 2.11. The smallest absolute Gasteiger partial charge is 0.242 e. The van der Waals surface area contributed by atoms with Gasteiger partial charge in [-0.25, -0.2) is 8.89 Å². The third-order valence-corrected chi connectivity index (χ3v) is 2.67. The molecule has 0 radical (unpaired) electrons. The van der Waals surface area contributed by atoms with Crippen LogP contribution in [0.4, 0.5) is 0 Å². The number of rotatable bonds is 2. The van der Waals surface area contributed by atoms with Gasteiger partial charge in [-0.2, -0.15) is 5.21 Å². The summed E-state index contributed by atoms with van der Waals surface area (Å²) in [6.45, 7) is 0. The Hall–Kier alpha value is -1.38. The SMILES string of the molecule is O=S(O)c1cccc(-n2[nH]nnc2=S)c1. The third-order valence-electron chi connectivity index (χ3n) is 1.75. The van der Waals surface area contributed by atoms with Crippen LogP contribution in [-0.4, -0.2) is 29.0 Å². The normalized spacial score (nSPS) is 12.6. The summed E-state index contributed by atoms with van der Waals surface area (Å²) >= 11 is 2.89. The highest BCUT2D eigenvalue weighted by Gasteiger charge is 2.03. The molecule has 0 amide bonds. The van der Waals surface area contributed by atoms with Crippen molar-refractivity contribution in [3.05, 3.63) is 29.0 Å². The Bertz CT molecular complexity index is 562. The molecule has 0 bridgehead atoms. The number of nitrogens with zero attached hydrogens (tertiary/aromatic N) is 3. The molecule has 2 aromatic rings. The monoisotopic (exact) mass is 242 g/mol. The van der Waals surface area contributed by atoms with Crippen molar-refractivity contribution in [2.24, 2.45) is 0 Å². The van der Waals surface area contributed by atoms with E-state index >= 15 is 0 Å². The van der Waals surface area contributed by atoms with E-state index in [1.807, 2.05) is 0 Å². The van der Waals surface area contributed by atoms with Gasteiger partial charge in [0, 0.05) is 0 Å². The minimum Gasteiger partial charge on any atom is -0.302 e. The lowest BCUT2D eigenvalue weighted by Gasteiger charge is -2.01. The predicted octanol–water partition coefficient (Wildman–Crippen LogP) is 0.905. The first kappa shape index (κ1) is 10.1. The van der Waals surface area contributed by atoms with Gasteiger partial charge in [0.25, 0.3) is 0 Å². The molecule has 0 aliphatic rings. The number of hydrogen-bond donors (Lipinski definition) is 2. The van der Waals surface area contributed by atoms with Crippen molar-refractivity contribution in [3.63, 3.8) is 0 Å². The average Bonchev–Trinajstić information content (AvgIpc) is 2.64. The summed E-state index contributed by atoms with van der Waals surface area (Å²) < 4.78 is 21.4. The lowest BCUT2D eigenvalue weighted by Crippen LogP contribution is -1.98. The zero-order valence-corrected chi connectivity index (χ0v) is 8.96. The lowest BCUT2D eigenvalue weighted by atomic mass is 10.3. The lowest BCUT2D eigenvalue weighted by molar-refractivity contribution is 0.564. The Labute approximate surface area is 92.2 Å². The molecule has 0 fully saturated rings. The number of nitrogens with one attached hydrogen (secondary N) is 1. The summed E-state index contributed by atoms with van der Waals surface area (Å²) in [5.41, 5.74) is 0.616. The summed E-state index contributed by atoms with van der Waals surface area (Å²) in [7, 11) is 0. The van der Waals surface area contributed by atoms with Crippen LogP contribution >= 0.6 is 12.2 Å². The van der Waals surface area contributed by atoms with Crippen molar-refractivity contribution >= 4 is 23.3 Å². The number of H-pyrrole nitrogens is 1. The fourth-order valence-corrected chi connectivity index (χ4v) is 1.70. The van der Waals surface area contributed by atoms with E-state index in [4.69, 9.17) is 16.8 Å². The molecule has 1 aromatic carbocycles. The Kier molecular flexibility index (Phi) is 2.71. The molecule has 1 unspecified atom stereocenters. The fourth-order valence-electron chi connectivity index (χ4n) is 1.10. The van der Waals surface area contributed by atoms with Gasteiger partial charge in [-0.15, -0.1) is 0 Å². The quantitative estimate of drug-likeness (QED) is 0.604. The molecule has 0 saturated heterocycles. The molecule has 2 rings (SSSR count). The maximum Gasteiger partial charge on any atom is 0.242 e. The number of aromatic nitrogens is 4. The number of benzene rings is 1. The Balaban J connectivity index is 2.55. The van der Waals surface area contributed by atoms with E-state index in [2.05, 4.69) is 15.5 Å². The molecule has 6 nitrogen and oxygen atoms in total. The topological polar surface area (TPSA) is 83.8 Å². The molecular weight excluding hydrogens is 236 g/mol. The summed E-state index contributed by atoms with van der Waals surface area (Å²) in [5.74, 6) is 0. The first-order valence-corrected chi connectivity index (χ1v) is 5.41. The van der Waals surface area contributed by atoms with Gasteiger partial charge < -0.3 is 4.55 Å². The van der Waals surface area contributed by atoms with Gasteiger partial charge in [0.1, 0.15) is 0 Å². The fraction of sp³-hybridized carbons (Fsp3) is 0. The molecule has 2 N–H and O–H groups in total. The molecule has 0 saturated carbocycles. The van der Waals surface area contributed by atoms with Crippen molar-refractivity contribution in [3.8, 4) is 5.69 Å². The average molecular weight is 242 g/mol. The van der Waals surface area contributed by atoms with Crippen LogP contribution in [0, 0.1) is 4.77 Å². The number of aromatic amines is 1. The minimum absolute atomic E-state index is 0.260. The van der Waals surface area contributed by atoms with Crippen LogP contribution in [0.1, 0.15) is 0 Å². The standard InChI is InChI=1S/C7H6N4O2S2/c12-15(13)6-3-1-2-5(4-6)11-7(14)8-9-10-11/h1-4H,(H,12,13)(H,8,10,14). The first-order valence-electron chi connectivity index (χ1n) is 3.90. The molecule has 0 spiro atoms. The van der Waals surface area contributed by atoms with Crippen LogP contribution in [0.3, 0.4) is 0 Å². The zero-order valence-electron chi connectivity index (χ0n) is 7.32. The van der Waals surface area contributed by atoms with Crippen LogP contribution in [0.5, 0.6) is 0 Å². The van der Waals surface area contributed by atoms with E-state index in [1.165, 1.54) is 10.7 Å². The first-order chi connectivity index (χ1) is 7.18. The van der Waals surface area contributed by atoms with Gasteiger partial charge in [-0.05, 0) is 30.4 Å². The molecule has 0 aliphatic carbocycles. The Morgan fingerprint density at radius 1 is 1.53 bits per heavy atom. The van der Waals surface area contributed by atoms with Gasteiger partial charge in [-0.3, -0.25) is 0 Å². The van der Waals surface area contributed by atoms with Gasteiger partial charge in [0.2, 0.25) is 4.77 Å². The maximum atomic E-state index is 10.8. The van der Waals surface area contributed by atoms with E-state index in [1.54, 1.807) is 18.2 Å². The highest BCUT2D eigenvalue weighted by atomic mass is 32.2. The summed E-state index contributed by atoms with van der Waals surface area (Å²) in [5, 5.41) is 9.68. The summed E-state index contributed by atoms with van der Waals surface area (Å²) in [4.78, 5) is 0.295. The Morgan fingerprint density at radius 2 is 2.33 bits per heavy atom. The van der Waals surface area contributed by atoms with E-state index in [9.17, 15) is 4.21 Å². The van der Waals surface area contributed by atoms with E-state index in [-0.39, 0.29) is 4.77 Å². The van der Waals surface area contributed by atoms with Crippen molar-refractivity contribution in [1.82, 2.24) is 20.2 Å². The second-order valence-corrected chi connectivity index (χ2v) is 4.00. The number of hydrogen-bond acceptors (Lipinski definition) is 4. The predicted molar refractivity (Wildman–Crippen MR) is 55.6 cm³/mol. The Morgan fingerprint density at radius 3 is 2.93 bits per heavy atom. The summed E-state index contributed by atoms with van der Waals surface area (Å²) in [6.07, 6.45) is 0. The molecule has 1 aromatic heterocycles. The molecule has 78 valence electrons. The van der Waals surface area contributed by atoms with Crippen LogP contribution in [0.15, 0.2) is 29.2 Å². The van der Waals surface area contributed by atoms with Gasteiger partial charge >= 0.3 is 0 Å². The zero-order chi connectivity index (χ0) is 10.8. The van der Waals surface area contributed by atoms with E-state index in [0.717, 1.165) is 0 Å². The third kappa shape index (κ3) is 2.01. The molecule has 8 heteroatoms. The molecular formula is C7H6N4O2S2. The molecule has 15 heavy (non-hydrogen) atoms. The van der Waals surface area contributed by atoms with Crippen LogP contribution in [0.2, 0.25) is 0 Å². The van der Waals surface area contributed by atoms with E-state index < -0.39 is 11.1 Å². The molecule has 0 aliphatic heterocycles. The van der Waals surface area contributed by atoms with Gasteiger partial charge in [-0.1, -0.05) is 16.4 Å². The van der Waals surface area contributed by atoms with Crippen molar-refractivity contribution in [2.75, 3.05) is 0 Å².